The number of benzene rings is 2. The second-order valence-electron chi connectivity index (χ2n) is 7.48. The van der Waals surface area contributed by atoms with Crippen LogP contribution in [-0.4, -0.2) is 61.4 Å². The summed E-state index contributed by atoms with van der Waals surface area (Å²) in [7, 11) is 1.57. The van der Waals surface area contributed by atoms with Gasteiger partial charge in [0.25, 0.3) is 5.69 Å². The highest BCUT2D eigenvalue weighted by Gasteiger charge is 2.14. The highest BCUT2D eigenvalue weighted by atomic mass is 19.1. The van der Waals surface area contributed by atoms with E-state index in [9.17, 15) is 14.5 Å². The third kappa shape index (κ3) is 5.65. The van der Waals surface area contributed by atoms with Crippen LogP contribution in [0.5, 0.6) is 23.1 Å². The number of rotatable bonds is 9. The summed E-state index contributed by atoms with van der Waals surface area (Å²) in [5.41, 5.74) is 0.229. The Hall–Kier alpha value is -3.50. The summed E-state index contributed by atoms with van der Waals surface area (Å²) >= 11 is 0. The molecular weight excluding hydrogens is 433 g/mol. The van der Waals surface area contributed by atoms with Gasteiger partial charge in [0, 0.05) is 43.2 Å². The Morgan fingerprint density at radius 1 is 1.12 bits per heavy atom. The molecule has 0 atom stereocenters. The van der Waals surface area contributed by atoms with Crippen molar-refractivity contribution in [2.75, 3.05) is 46.6 Å². The van der Waals surface area contributed by atoms with E-state index in [4.69, 9.17) is 18.9 Å². The van der Waals surface area contributed by atoms with Crippen LogP contribution in [0.25, 0.3) is 10.9 Å². The lowest BCUT2D eigenvalue weighted by atomic mass is 10.2. The monoisotopic (exact) mass is 457 g/mol. The van der Waals surface area contributed by atoms with Crippen LogP contribution in [0.3, 0.4) is 0 Å². The molecule has 1 saturated heterocycles. The van der Waals surface area contributed by atoms with Gasteiger partial charge < -0.3 is 18.9 Å². The summed E-state index contributed by atoms with van der Waals surface area (Å²) in [6.07, 6.45) is 0.858. The number of nitrogens with zero attached hydrogens (tertiary/aromatic N) is 3. The van der Waals surface area contributed by atoms with Gasteiger partial charge in [-0.1, -0.05) is 0 Å². The zero-order valence-electron chi connectivity index (χ0n) is 18.2. The second-order valence-corrected chi connectivity index (χ2v) is 7.48. The van der Waals surface area contributed by atoms with Crippen LogP contribution in [0.15, 0.2) is 42.5 Å². The molecule has 1 aliphatic heterocycles. The van der Waals surface area contributed by atoms with Crippen molar-refractivity contribution in [1.82, 2.24) is 9.88 Å². The smallest absolute Gasteiger partial charge is 0.272 e. The molecule has 10 heteroatoms. The zero-order chi connectivity index (χ0) is 23.2. The maximum absolute atomic E-state index is 14.2. The lowest BCUT2D eigenvalue weighted by Gasteiger charge is -2.26. The van der Waals surface area contributed by atoms with E-state index in [0.29, 0.717) is 23.6 Å². The van der Waals surface area contributed by atoms with Gasteiger partial charge in [0.2, 0.25) is 5.88 Å². The second kappa shape index (κ2) is 10.4. The molecule has 1 aliphatic rings. The zero-order valence-corrected chi connectivity index (χ0v) is 18.2. The first kappa shape index (κ1) is 22.7. The number of hydrogen-bond acceptors (Lipinski definition) is 8. The SMILES string of the molecule is COc1cc2ccc(Oc3ccc([N+](=O)[O-])cc3F)nc2cc1OCCCN1CCOCC1. The third-order valence-corrected chi connectivity index (χ3v) is 5.27. The van der Waals surface area contributed by atoms with Crippen LogP contribution in [0, 0.1) is 15.9 Å². The van der Waals surface area contributed by atoms with E-state index >= 15 is 0 Å². The normalized spacial score (nSPS) is 14.2. The first-order chi connectivity index (χ1) is 16.0. The van der Waals surface area contributed by atoms with Crippen LogP contribution < -0.4 is 14.2 Å². The summed E-state index contributed by atoms with van der Waals surface area (Å²) in [4.78, 5) is 16.9. The number of methoxy groups -OCH3 is 1. The van der Waals surface area contributed by atoms with E-state index in [2.05, 4.69) is 9.88 Å². The molecule has 0 bridgehead atoms. The molecule has 0 amide bonds. The molecule has 0 unspecified atom stereocenters. The fourth-order valence-corrected chi connectivity index (χ4v) is 3.54. The van der Waals surface area contributed by atoms with Gasteiger partial charge in [-0.2, -0.15) is 0 Å². The summed E-state index contributed by atoms with van der Waals surface area (Å²) in [6.45, 7) is 4.83. The first-order valence-electron chi connectivity index (χ1n) is 10.6. The molecule has 4 rings (SSSR count). The number of pyridine rings is 1. The predicted molar refractivity (Wildman–Crippen MR) is 119 cm³/mol. The Bertz CT molecular complexity index is 1140. The predicted octanol–water partition coefficient (Wildman–Crippen LogP) is 4.18. The molecule has 0 N–H and O–H groups in total. The summed E-state index contributed by atoms with van der Waals surface area (Å²) in [5.74, 6) is 0.299. The highest BCUT2D eigenvalue weighted by Crippen LogP contribution is 2.34. The van der Waals surface area contributed by atoms with Crippen LogP contribution >= 0.6 is 0 Å². The molecule has 0 aliphatic carbocycles. The number of non-ortho nitro benzene ring substituents is 1. The lowest BCUT2D eigenvalue weighted by molar-refractivity contribution is -0.385. The van der Waals surface area contributed by atoms with E-state index in [1.165, 1.54) is 12.1 Å². The molecule has 1 fully saturated rings. The number of hydrogen-bond donors (Lipinski definition) is 0. The molecule has 0 saturated carbocycles. The Labute approximate surface area is 189 Å². The van der Waals surface area contributed by atoms with Gasteiger partial charge in [-0.15, -0.1) is 0 Å². The van der Waals surface area contributed by atoms with Gasteiger partial charge >= 0.3 is 0 Å². The Balaban J connectivity index is 1.46. The molecule has 3 aromatic rings. The minimum absolute atomic E-state index is 0.152. The number of halogens is 1. The Morgan fingerprint density at radius 3 is 2.67 bits per heavy atom. The van der Waals surface area contributed by atoms with Crippen LogP contribution in [0.4, 0.5) is 10.1 Å². The fourth-order valence-electron chi connectivity index (χ4n) is 3.54. The topological polar surface area (TPSA) is 96.2 Å². The van der Waals surface area contributed by atoms with Crippen molar-refractivity contribution in [3.05, 3.63) is 58.4 Å². The van der Waals surface area contributed by atoms with Crippen molar-refractivity contribution < 1.29 is 28.3 Å². The number of nitro groups is 1. The standard InChI is InChI=1S/C23H24FN3O6/c1-30-21-13-16-3-6-23(33-20-5-4-17(27(28)29)14-18(20)24)25-19(16)15-22(21)32-10-2-7-26-8-11-31-12-9-26/h3-6,13-15H,2,7-12H2,1H3. The van der Waals surface area contributed by atoms with Gasteiger partial charge in [-0.3, -0.25) is 15.0 Å². The Morgan fingerprint density at radius 2 is 1.94 bits per heavy atom. The minimum Gasteiger partial charge on any atom is -0.493 e. The first-order valence-corrected chi connectivity index (χ1v) is 10.6. The molecule has 33 heavy (non-hydrogen) atoms. The van der Waals surface area contributed by atoms with Crippen molar-refractivity contribution in [3.8, 4) is 23.1 Å². The molecule has 9 nitrogen and oxygen atoms in total. The molecule has 2 aromatic carbocycles. The number of fused-ring (bicyclic) bond motifs is 1. The molecule has 174 valence electrons. The van der Waals surface area contributed by atoms with Crippen molar-refractivity contribution in [3.63, 3.8) is 0 Å². The van der Waals surface area contributed by atoms with Crippen molar-refractivity contribution in [2.24, 2.45) is 0 Å². The maximum Gasteiger partial charge on any atom is 0.272 e. The van der Waals surface area contributed by atoms with Gasteiger partial charge in [0.15, 0.2) is 23.1 Å². The minimum atomic E-state index is -0.842. The van der Waals surface area contributed by atoms with E-state index in [0.717, 1.165) is 50.7 Å². The third-order valence-electron chi connectivity index (χ3n) is 5.27. The van der Waals surface area contributed by atoms with E-state index in [1.54, 1.807) is 25.3 Å². The summed E-state index contributed by atoms with van der Waals surface area (Å²) in [5, 5.41) is 11.6. The highest BCUT2D eigenvalue weighted by molar-refractivity contribution is 5.83. The van der Waals surface area contributed by atoms with Gasteiger partial charge in [0.05, 0.1) is 43.4 Å². The quantitative estimate of drug-likeness (QED) is 0.268. The van der Waals surface area contributed by atoms with Gasteiger partial charge in [-0.05, 0) is 24.6 Å². The molecule has 0 radical (unpaired) electrons. The average Bonchev–Trinajstić information content (AvgIpc) is 2.83. The number of nitro benzene ring substituents is 1. The van der Waals surface area contributed by atoms with Gasteiger partial charge in [-0.25, -0.2) is 9.37 Å². The molecule has 0 spiro atoms. The van der Waals surface area contributed by atoms with Crippen molar-refractivity contribution in [2.45, 2.75) is 6.42 Å². The van der Waals surface area contributed by atoms with Gasteiger partial charge in [0.1, 0.15) is 0 Å². The number of aromatic nitrogens is 1. The summed E-state index contributed by atoms with van der Waals surface area (Å²) < 4.78 is 36.5. The largest absolute Gasteiger partial charge is 0.493 e. The summed E-state index contributed by atoms with van der Waals surface area (Å²) in [6, 6.07) is 10.1. The number of ether oxygens (including phenoxy) is 4. The van der Waals surface area contributed by atoms with Crippen LogP contribution in [0.1, 0.15) is 6.42 Å². The van der Waals surface area contributed by atoms with E-state index < -0.39 is 10.7 Å². The van der Waals surface area contributed by atoms with Crippen LogP contribution in [0.2, 0.25) is 0 Å². The average molecular weight is 457 g/mol. The van der Waals surface area contributed by atoms with Crippen molar-refractivity contribution in [1.29, 1.82) is 0 Å². The Kier molecular flexibility index (Phi) is 7.16. The van der Waals surface area contributed by atoms with E-state index in [1.807, 2.05) is 6.07 Å². The number of morpholine rings is 1. The van der Waals surface area contributed by atoms with Crippen LogP contribution in [-0.2, 0) is 4.74 Å². The van der Waals surface area contributed by atoms with E-state index in [-0.39, 0.29) is 17.3 Å². The lowest BCUT2D eigenvalue weighted by Crippen LogP contribution is -2.37. The molecular formula is C23H24FN3O6. The molecule has 2 heterocycles. The maximum atomic E-state index is 14.2. The molecule has 1 aromatic heterocycles. The van der Waals surface area contributed by atoms with Crippen molar-refractivity contribution >= 4 is 16.6 Å². The fraction of sp³-hybridized carbons (Fsp3) is 0.348.